The summed E-state index contributed by atoms with van der Waals surface area (Å²) in [5.41, 5.74) is -1.17. The highest BCUT2D eigenvalue weighted by molar-refractivity contribution is 7.80. The number of nitrogens with one attached hydrogen (secondary N) is 2. The van der Waals surface area contributed by atoms with Crippen LogP contribution in [0.15, 0.2) is 0 Å². The van der Waals surface area contributed by atoms with Crippen LogP contribution < -0.4 is 10.6 Å². The molecule has 0 saturated heterocycles. The predicted octanol–water partition coefficient (Wildman–Crippen LogP) is -1.40. The third-order valence-corrected chi connectivity index (χ3v) is 3.38. The van der Waals surface area contributed by atoms with E-state index < -0.39 is 32.2 Å². The minimum Gasteiger partial charge on any atom is -0.383 e. The smallest absolute Gasteiger partial charge is 0.383 e. The zero-order chi connectivity index (χ0) is 17.4. The fourth-order valence-electron chi connectivity index (χ4n) is 1.37. The Bertz CT molecular complexity index is 376. The molecule has 0 unspecified atom stereocenters. The molecule has 0 bridgehead atoms. The Balaban J connectivity index is 4.21. The van der Waals surface area contributed by atoms with Gasteiger partial charge < -0.3 is 15.7 Å². The maximum atomic E-state index is 11.8. The van der Waals surface area contributed by atoms with Crippen LogP contribution in [0.4, 0.5) is 0 Å². The summed E-state index contributed by atoms with van der Waals surface area (Å²) < 4.78 is 4.42. The summed E-state index contributed by atoms with van der Waals surface area (Å²) in [5.74, 6) is -0.467. The summed E-state index contributed by atoms with van der Waals surface area (Å²) in [6.07, 6.45) is -1.46. The number of carbonyl (C=O) groups is 2. The molecule has 0 aliphatic heterocycles. The van der Waals surface area contributed by atoms with Gasteiger partial charge in [0.1, 0.15) is 12.7 Å². The molecule has 0 spiro atoms. The molecule has 2 amide bonds. The average molecular weight is 359 g/mol. The van der Waals surface area contributed by atoms with Crippen LogP contribution in [0.1, 0.15) is 20.3 Å². The zero-order valence-corrected chi connectivity index (χ0v) is 14.3. The van der Waals surface area contributed by atoms with Gasteiger partial charge in [0.2, 0.25) is 11.8 Å². The number of rotatable bonds is 10. The Morgan fingerprint density at radius 3 is 2.32 bits per heavy atom. The molecule has 130 valence electrons. The fraction of sp³-hybridized carbons (Fsp3) is 0.818. The number of aliphatic hydroxyl groups excluding tert-OH is 1. The largest absolute Gasteiger partial charge is 0.567 e. The summed E-state index contributed by atoms with van der Waals surface area (Å²) >= 11 is 3.94. The molecule has 0 heterocycles. The minimum atomic E-state index is -4.43. The molecule has 0 aromatic heterocycles. The van der Waals surface area contributed by atoms with E-state index in [9.17, 15) is 14.7 Å². The topological polar surface area (TPSA) is 148 Å². The summed E-state index contributed by atoms with van der Waals surface area (Å²) in [4.78, 5) is 49.3. The predicted molar refractivity (Wildman–Crippen MR) is 83.8 cm³/mol. The SMILES string of the molecule is CC(C)(CO[P+](O)(O)O)[C@@H](O)C(=O)NCCC(=O)NCCS. The first kappa shape index (κ1) is 21.5. The Morgan fingerprint density at radius 2 is 1.82 bits per heavy atom. The van der Waals surface area contributed by atoms with Gasteiger partial charge in [-0.1, -0.05) is 13.8 Å². The lowest BCUT2D eigenvalue weighted by Gasteiger charge is -2.28. The molecule has 0 rings (SSSR count). The molecule has 0 radical (unpaired) electrons. The summed E-state index contributed by atoms with van der Waals surface area (Å²) in [6, 6.07) is 0. The Labute approximate surface area is 135 Å². The first-order valence-corrected chi connectivity index (χ1v) is 8.74. The lowest BCUT2D eigenvalue weighted by molar-refractivity contribution is -0.137. The monoisotopic (exact) mass is 359 g/mol. The molecule has 0 fully saturated rings. The summed E-state index contributed by atoms with van der Waals surface area (Å²) in [5, 5.41) is 14.9. The van der Waals surface area contributed by atoms with Gasteiger partial charge in [0.15, 0.2) is 0 Å². The summed E-state index contributed by atoms with van der Waals surface area (Å²) in [7, 11) is -4.43. The minimum absolute atomic E-state index is 0.0438. The van der Waals surface area contributed by atoms with E-state index in [1.165, 1.54) is 13.8 Å². The number of aliphatic hydroxyl groups is 1. The van der Waals surface area contributed by atoms with Gasteiger partial charge in [-0.2, -0.15) is 31.8 Å². The van der Waals surface area contributed by atoms with Crippen LogP contribution in [-0.2, 0) is 14.1 Å². The molecule has 1 atom stereocenters. The highest BCUT2D eigenvalue weighted by Gasteiger charge is 2.41. The molecule has 0 aliphatic rings. The Morgan fingerprint density at radius 1 is 1.23 bits per heavy atom. The van der Waals surface area contributed by atoms with Crippen molar-refractivity contribution < 1.29 is 33.9 Å². The van der Waals surface area contributed by atoms with Gasteiger partial charge in [-0.15, -0.1) is 0 Å². The molecule has 0 saturated carbocycles. The molecule has 6 N–H and O–H groups in total. The van der Waals surface area contributed by atoms with E-state index in [-0.39, 0.29) is 18.9 Å². The quantitative estimate of drug-likeness (QED) is 0.187. The van der Waals surface area contributed by atoms with E-state index in [4.69, 9.17) is 14.7 Å². The standard InChI is InChI=1S/C11H23N2O7PS/c1-11(2,7-20-21(17,18)19)9(15)10(16)13-4-3-8(14)12-5-6-22/h9,15,17-19H,3-7H2,1-2H3,(H2-,12,13,14,16,22)/p+1/t9-/m0/s1. The third kappa shape index (κ3) is 9.52. The second kappa shape index (κ2) is 9.61. The van der Waals surface area contributed by atoms with Gasteiger partial charge >= 0.3 is 8.17 Å². The van der Waals surface area contributed by atoms with Crippen LogP contribution in [-0.4, -0.2) is 63.2 Å². The maximum Gasteiger partial charge on any atom is 0.567 e. The van der Waals surface area contributed by atoms with Crippen molar-refractivity contribution in [3.63, 3.8) is 0 Å². The van der Waals surface area contributed by atoms with Crippen molar-refractivity contribution in [3.8, 4) is 0 Å². The van der Waals surface area contributed by atoms with E-state index in [2.05, 4.69) is 27.8 Å². The van der Waals surface area contributed by atoms with Crippen LogP contribution in [0.25, 0.3) is 0 Å². The van der Waals surface area contributed by atoms with Crippen LogP contribution >= 0.6 is 20.8 Å². The molecule has 0 aromatic carbocycles. The zero-order valence-electron chi connectivity index (χ0n) is 12.5. The van der Waals surface area contributed by atoms with Crippen LogP contribution in [0.2, 0.25) is 0 Å². The summed E-state index contributed by atoms with van der Waals surface area (Å²) in [6.45, 7) is 2.93. The number of thiol groups is 1. The van der Waals surface area contributed by atoms with Crippen molar-refractivity contribution in [2.45, 2.75) is 26.4 Å². The Kier molecular flexibility index (Phi) is 9.40. The third-order valence-electron chi connectivity index (χ3n) is 2.68. The molecule has 11 heteroatoms. The van der Waals surface area contributed by atoms with Crippen molar-refractivity contribution in [1.82, 2.24) is 10.6 Å². The molecule has 0 aliphatic carbocycles. The number of hydrogen-bond acceptors (Lipinski definition) is 8. The van der Waals surface area contributed by atoms with Crippen molar-refractivity contribution >= 4 is 32.6 Å². The highest BCUT2D eigenvalue weighted by Crippen LogP contribution is 2.47. The lowest BCUT2D eigenvalue weighted by atomic mass is 9.87. The van der Waals surface area contributed by atoms with Gasteiger partial charge in [-0.25, -0.2) is 0 Å². The second-order valence-electron chi connectivity index (χ2n) is 5.29. The number of hydrogen-bond donors (Lipinski definition) is 7. The van der Waals surface area contributed by atoms with E-state index in [0.717, 1.165) is 0 Å². The number of carbonyl (C=O) groups excluding carboxylic acids is 2. The highest BCUT2D eigenvalue weighted by atomic mass is 32.1. The van der Waals surface area contributed by atoms with E-state index in [1.807, 2.05) is 0 Å². The molecular formula is C11H24N2O7PS+. The maximum absolute atomic E-state index is 11.8. The van der Waals surface area contributed by atoms with Gasteiger partial charge in [-0.05, 0) is 0 Å². The first-order valence-electron chi connectivity index (χ1n) is 6.55. The van der Waals surface area contributed by atoms with Crippen LogP contribution in [0.5, 0.6) is 0 Å². The Hall–Kier alpha value is -0.480. The van der Waals surface area contributed by atoms with Crippen LogP contribution in [0.3, 0.4) is 0 Å². The molecule has 22 heavy (non-hydrogen) atoms. The lowest BCUT2D eigenvalue weighted by Crippen LogP contribution is -2.46. The molecule has 9 nitrogen and oxygen atoms in total. The van der Waals surface area contributed by atoms with Crippen molar-refractivity contribution in [2.24, 2.45) is 5.41 Å². The normalized spacial score (nSPS) is 13.6. The molecule has 0 aromatic rings. The van der Waals surface area contributed by atoms with Crippen molar-refractivity contribution in [1.29, 1.82) is 0 Å². The number of amides is 2. The van der Waals surface area contributed by atoms with E-state index in [0.29, 0.717) is 12.3 Å². The average Bonchev–Trinajstić information content (AvgIpc) is 2.41. The van der Waals surface area contributed by atoms with Crippen molar-refractivity contribution in [3.05, 3.63) is 0 Å². The fourth-order valence-corrected chi connectivity index (χ4v) is 1.98. The van der Waals surface area contributed by atoms with Gasteiger partial charge in [0.25, 0.3) is 0 Å². The second-order valence-corrected chi connectivity index (χ2v) is 7.02. The van der Waals surface area contributed by atoms with Crippen molar-refractivity contribution in [2.75, 3.05) is 25.4 Å². The van der Waals surface area contributed by atoms with Gasteiger partial charge in [0.05, 0.1) is 0 Å². The van der Waals surface area contributed by atoms with E-state index >= 15 is 0 Å². The first-order chi connectivity index (χ1) is 9.99. The van der Waals surface area contributed by atoms with Gasteiger partial charge in [0, 0.05) is 30.7 Å². The van der Waals surface area contributed by atoms with E-state index in [1.54, 1.807) is 0 Å². The van der Waals surface area contributed by atoms with Crippen LogP contribution in [0, 0.1) is 5.41 Å². The molecular weight excluding hydrogens is 335 g/mol. The van der Waals surface area contributed by atoms with Gasteiger partial charge in [-0.3, -0.25) is 9.59 Å².